The average Bonchev–Trinajstić information content (AvgIpc) is 2.93. The summed E-state index contributed by atoms with van der Waals surface area (Å²) in [5, 5.41) is 7.85. The molecule has 1 aromatic carbocycles. The van der Waals surface area contributed by atoms with Crippen molar-refractivity contribution in [1.82, 2.24) is 15.1 Å². The number of hydrogen-bond acceptors (Lipinski definition) is 3. The molecule has 1 fully saturated rings. The molecule has 0 unspecified atom stereocenters. The number of fused-ring (bicyclic) bond motifs is 1. The summed E-state index contributed by atoms with van der Waals surface area (Å²) in [5.74, 6) is 0.547. The van der Waals surface area contributed by atoms with Crippen molar-refractivity contribution in [2.75, 3.05) is 13.1 Å². The fourth-order valence-electron chi connectivity index (χ4n) is 3.10. The number of benzene rings is 1. The van der Waals surface area contributed by atoms with Gasteiger partial charge in [0.2, 0.25) is 0 Å². The van der Waals surface area contributed by atoms with E-state index in [1.807, 2.05) is 23.1 Å². The number of carbonyl (C=O) groups is 1. The van der Waals surface area contributed by atoms with Crippen molar-refractivity contribution in [3.05, 3.63) is 30.0 Å². The van der Waals surface area contributed by atoms with Gasteiger partial charge in [-0.3, -0.25) is 9.89 Å². The Morgan fingerprint density at radius 2 is 2.40 bits per heavy atom. The maximum absolute atomic E-state index is 12.7. The van der Waals surface area contributed by atoms with Gasteiger partial charge in [-0.05, 0) is 37.0 Å². The number of aromatic amines is 1. The molecular formula is C15H20N4O. The number of nitrogens with one attached hydrogen (secondary N) is 1. The van der Waals surface area contributed by atoms with Gasteiger partial charge in [0, 0.05) is 30.1 Å². The van der Waals surface area contributed by atoms with Crippen molar-refractivity contribution < 1.29 is 4.79 Å². The molecule has 2 atom stereocenters. The number of amides is 1. The Morgan fingerprint density at radius 3 is 3.20 bits per heavy atom. The minimum atomic E-state index is 0.0788. The zero-order valence-corrected chi connectivity index (χ0v) is 11.7. The van der Waals surface area contributed by atoms with E-state index in [1.54, 1.807) is 6.20 Å². The fraction of sp³-hybridized carbons (Fsp3) is 0.467. The lowest BCUT2D eigenvalue weighted by molar-refractivity contribution is 0.0533. The van der Waals surface area contributed by atoms with Crippen LogP contribution in [0.3, 0.4) is 0 Å². The molecule has 0 saturated carbocycles. The van der Waals surface area contributed by atoms with Gasteiger partial charge in [-0.15, -0.1) is 0 Å². The highest BCUT2D eigenvalue weighted by molar-refractivity contribution is 5.98. The number of rotatable bonds is 2. The Morgan fingerprint density at radius 1 is 1.55 bits per heavy atom. The van der Waals surface area contributed by atoms with Gasteiger partial charge in [-0.1, -0.05) is 6.92 Å². The second-order valence-electron chi connectivity index (χ2n) is 5.59. The largest absolute Gasteiger partial charge is 0.334 e. The van der Waals surface area contributed by atoms with Crippen LogP contribution in [0.25, 0.3) is 10.9 Å². The van der Waals surface area contributed by atoms with Gasteiger partial charge in [-0.25, -0.2) is 0 Å². The van der Waals surface area contributed by atoms with Gasteiger partial charge in [0.05, 0.1) is 11.7 Å². The summed E-state index contributed by atoms with van der Waals surface area (Å²) in [7, 11) is 0. The number of nitrogens with two attached hydrogens (primary N) is 1. The molecule has 1 aliphatic rings. The molecule has 1 amide bonds. The van der Waals surface area contributed by atoms with Gasteiger partial charge in [0.15, 0.2) is 0 Å². The first kappa shape index (κ1) is 13.1. The number of H-pyrrole nitrogens is 1. The molecule has 20 heavy (non-hydrogen) atoms. The smallest absolute Gasteiger partial charge is 0.254 e. The summed E-state index contributed by atoms with van der Waals surface area (Å²) in [5.41, 5.74) is 7.53. The number of likely N-dealkylation sites (tertiary alicyclic amines) is 1. The minimum Gasteiger partial charge on any atom is -0.334 e. The van der Waals surface area contributed by atoms with E-state index in [0.717, 1.165) is 30.3 Å². The molecule has 5 nitrogen and oxygen atoms in total. The Labute approximate surface area is 118 Å². The summed E-state index contributed by atoms with van der Waals surface area (Å²) < 4.78 is 0. The predicted octanol–water partition coefficient (Wildman–Crippen LogP) is 1.76. The molecule has 1 aromatic heterocycles. The summed E-state index contributed by atoms with van der Waals surface area (Å²) >= 11 is 0. The standard InChI is InChI=1S/C15H20N4O/c1-10-3-2-6-19(14(10)8-16)15(20)11-4-5-13-12(7-11)9-17-18-13/h4-5,7,9-10,14H,2-3,6,8,16H2,1H3,(H,17,18)/t10-,14+/m0/s1. The highest BCUT2D eigenvalue weighted by atomic mass is 16.2. The Balaban J connectivity index is 1.90. The van der Waals surface area contributed by atoms with Gasteiger partial charge < -0.3 is 10.6 Å². The van der Waals surface area contributed by atoms with Crippen LogP contribution in [-0.2, 0) is 0 Å². The average molecular weight is 272 g/mol. The fourth-order valence-corrected chi connectivity index (χ4v) is 3.10. The van der Waals surface area contributed by atoms with E-state index >= 15 is 0 Å². The summed E-state index contributed by atoms with van der Waals surface area (Å²) in [6, 6.07) is 5.81. The predicted molar refractivity (Wildman–Crippen MR) is 78.4 cm³/mol. The van der Waals surface area contributed by atoms with Crippen LogP contribution in [0, 0.1) is 5.92 Å². The Bertz CT molecular complexity index is 621. The third-order valence-corrected chi connectivity index (χ3v) is 4.31. The number of hydrogen-bond donors (Lipinski definition) is 2. The molecule has 1 aliphatic heterocycles. The van der Waals surface area contributed by atoms with E-state index in [4.69, 9.17) is 5.73 Å². The van der Waals surface area contributed by atoms with Crippen molar-refractivity contribution in [3.8, 4) is 0 Å². The number of nitrogens with zero attached hydrogens (tertiary/aromatic N) is 2. The molecule has 3 N–H and O–H groups in total. The highest BCUT2D eigenvalue weighted by Gasteiger charge is 2.31. The molecule has 0 spiro atoms. The second kappa shape index (κ2) is 5.25. The van der Waals surface area contributed by atoms with Crippen LogP contribution in [0.4, 0.5) is 0 Å². The Kier molecular flexibility index (Phi) is 3.44. The van der Waals surface area contributed by atoms with E-state index in [0.29, 0.717) is 18.0 Å². The lowest BCUT2D eigenvalue weighted by Crippen LogP contribution is -2.51. The van der Waals surface area contributed by atoms with E-state index in [2.05, 4.69) is 17.1 Å². The molecule has 0 radical (unpaired) electrons. The molecule has 106 valence electrons. The molecule has 2 heterocycles. The van der Waals surface area contributed by atoms with Crippen LogP contribution in [-0.4, -0.2) is 40.1 Å². The van der Waals surface area contributed by atoms with Crippen molar-refractivity contribution >= 4 is 16.8 Å². The number of aromatic nitrogens is 2. The second-order valence-corrected chi connectivity index (χ2v) is 5.59. The molecule has 2 aromatic rings. The molecule has 0 bridgehead atoms. The SMILES string of the molecule is C[C@H]1CCCN(C(=O)c2ccc3[nH]ncc3c2)[C@@H]1CN. The van der Waals surface area contributed by atoms with Gasteiger partial charge in [0.25, 0.3) is 5.91 Å². The zero-order valence-electron chi connectivity index (χ0n) is 11.7. The minimum absolute atomic E-state index is 0.0788. The van der Waals surface area contributed by atoms with Gasteiger partial charge >= 0.3 is 0 Å². The Hall–Kier alpha value is -1.88. The first-order valence-corrected chi connectivity index (χ1v) is 7.15. The monoisotopic (exact) mass is 272 g/mol. The third kappa shape index (κ3) is 2.18. The maximum Gasteiger partial charge on any atom is 0.254 e. The lowest BCUT2D eigenvalue weighted by atomic mass is 9.90. The van der Waals surface area contributed by atoms with Crippen LogP contribution in [0.1, 0.15) is 30.1 Å². The molecule has 0 aliphatic carbocycles. The first-order valence-electron chi connectivity index (χ1n) is 7.15. The highest BCUT2D eigenvalue weighted by Crippen LogP contribution is 2.25. The van der Waals surface area contributed by atoms with E-state index in [-0.39, 0.29) is 11.9 Å². The topological polar surface area (TPSA) is 75.0 Å². The third-order valence-electron chi connectivity index (χ3n) is 4.31. The quantitative estimate of drug-likeness (QED) is 0.874. The number of carbonyl (C=O) groups excluding carboxylic acids is 1. The lowest BCUT2D eigenvalue weighted by Gasteiger charge is -2.39. The molecule has 3 rings (SSSR count). The van der Waals surface area contributed by atoms with Crippen LogP contribution in [0.2, 0.25) is 0 Å². The molecule has 5 heteroatoms. The normalized spacial score (nSPS) is 23.2. The van der Waals surface area contributed by atoms with Crippen LogP contribution >= 0.6 is 0 Å². The van der Waals surface area contributed by atoms with Gasteiger partial charge in [-0.2, -0.15) is 5.10 Å². The van der Waals surface area contributed by atoms with Crippen molar-refractivity contribution in [1.29, 1.82) is 0 Å². The van der Waals surface area contributed by atoms with Crippen LogP contribution in [0.15, 0.2) is 24.4 Å². The van der Waals surface area contributed by atoms with Crippen LogP contribution < -0.4 is 5.73 Å². The number of piperidine rings is 1. The van der Waals surface area contributed by atoms with Crippen LogP contribution in [0.5, 0.6) is 0 Å². The molecule has 1 saturated heterocycles. The van der Waals surface area contributed by atoms with Crippen molar-refractivity contribution in [2.24, 2.45) is 11.7 Å². The summed E-state index contributed by atoms with van der Waals surface area (Å²) in [6.07, 6.45) is 3.94. The van der Waals surface area contributed by atoms with Crippen molar-refractivity contribution in [3.63, 3.8) is 0 Å². The summed E-state index contributed by atoms with van der Waals surface area (Å²) in [4.78, 5) is 14.7. The maximum atomic E-state index is 12.7. The summed E-state index contributed by atoms with van der Waals surface area (Å²) in [6.45, 7) is 3.51. The van der Waals surface area contributed by atoms with Gasteiger partial charge in [0.1, 0.15) is 0 Å². The first-order chi connectivity index (χ1) is 9.70. The van der Waals surface area contributed by atoms with E-state index in [1.165, 1.54) is 0 Å². The zero-order chi connectivity index (χ0) is 14.1. The van der Waals surface area contributed by atoms with Crippen molar-refractivity contribution in [2.45, 2.75) is 25.8 Å². The molecular weight excluding hydrogens is 252 g/mol. The van der Waals surface area contributed by atoms with E-state index < -0.39 is 0 Å². The van der Waals surface area contributed by atoms with E-state index in [9.17, 15) is 4.79 Å².